The van der Waals surface area contributed by atoms with Crippen LogP contribution < -0.4 is 0 Å². The summed E-state index contributed by atoms with van der Waals surface area (Å²) < 4.78 is 31.9. The van der Waals surface area contributed by atoms with Crippen LogP contribution in [0.1, 0.15) is 30.4 Å². The van der Waals surface area contributed by atoms with Gasteiger partial charge in [0.1, 0.15) is 0 Å². The number of benzene rings is 1. The molecule has 22 heavy (non-hydrogen) atoms. The van der Waals surface area contributed by atoms with Crippen molar-refractivity contribution in [2.24, 2.45) is 11.8 Å². The topological polar surface area (TPSA) is 102 Å². The van der Waals surface area contributed by atoms with E-state index in [2.05, 4.69) is 0 Å². The molecule has 2 aliphatic carbocycles. The summed E-state index contributed by atoms with van der Waals surface area (Å²) in [4.78, 5) is -0.190. The molecule has 1 fully saturated rings. The maximum Gasteiger partial charge on any atom is 0.294 e. The third-order valence-corrected chi connectivity index (χ3v) is 5.65. The van der Waals surface area contributed by atoms with Gasteiger partial charge in [0, 0.05) is 23.4 Å². The fraction of sp³-hybridized carbons (Fsp3) is 0.375. The molecule has 2 unspecified atom stereocenters. The van der Waals surface area contributed by atoms with Gasteiger partial charge in [0.15, 0.2) is 0 Å². The third kappa shape index (κ3) is 2.32. The van der Waals surface area contributed by atoms with Gasteiger partial charge in [-0.2, -0.15) is 8.42 Å². The average Bonchev–Trinajstić information content (AvgIpc) is 3.06. The molecule has 6 heteroatoms. The molecule has 2 aliphatic rings. The monoisotopic (exact) mass is 318 g/mol. The Balaban J connectivity index is 2.05. The van der Waals surface area contributed by atoms with Crippen LogP contribution in [0.3, 0.4) is 0 Å². The molecule has 5 nitrogen and oxygen atoms in total. The second-order valence-corrected chi connectivity index (χ2v) is 7.47. The maximum atomic E-state index is 11.3. The first kappa shape index (κ1) is 15.1. The van der Waals surface area contributed by atoms with E-state index >= 15 is 0 Å². The minimum absolute atomic E-state index is 0.128. The summed E-state index contributed by atoms with van der Waals surface area (Å²) >= 11 is 0. The highest BCUT2D eigenvalue weighted by Crippen LogP contribution is 2.48. The molecule has 3 rings (SSSR count). The molecule has 116 valence electrons. The van der Waals surface area contributed by atoms with Crippen molar-refractivity contribution >= 4 is 22.0 Å². The van der Waals surface area contributed by atoms with E-state index in [0.717, 1.165) is 30.4 Å². The Kier molecular flexibility index (Phi) is 3.53. The highest BCUT2D eigenvalue weighted by atomic mass is 32.2. The van der Waals surface area contributed by atoms with Gasteiger partial charge in [0.05, 0.1) is 4.90 Å². The molecule has 1 saturated carbocycles. The zero-order chi connectivity index (χ0) is 16.1. The summed E-state index contributed by atoms with van der Waals surface area (Å²) in [6.07, 6.45) is 4.31. The highest BCUT2D eigenvalue weighted by molar-refractivity contribution is 7.85. The molecule has 0 amide bonds. The summed E-state index contributed by atoms with van der Waals surface area (Å²) in [6, 6.07) is 4.32. The van der Waals surface area contributed by atoms with Gasteiger partial charge < -0.3 is 10.8 Å². The Bertz CT molecular complexity index is 809. The predicted octanol–water partition coefficient (Wildman–Crippen LogP) is 2.99. The van der Waals surface area contributed by atoms with Crippen LogP contribution in [0.5, 0.6) is 0 Å². The lowest BCUT2D eigenvalue weighted by atomic mass is 9.80. The van der Waals surface area contributed by atoms with Crippen LogP contribution in [0, 0.1) is 29.6 Å². The first-order chi connectivity index (χ1) is 10.3. The largest absolute Gasteiger partial charge is 0.308 e. The van der Waals surface area contributed by atoms with Crippen molar-refractivity contribution in [2.45, 2.75) is 31.1 Å². The van der Waals surface area contributed by atoms with Crippen molar-refractivity contribution < 1.29 is 13.0 Å². The van der Waals surface area contributed by atoms with E-state index in [9.17, 15) is 13.0 Å². The Hall–Kier alpha value is -1.79. The minimum Gasteiger partial charge on any atom is -0.308 e. The summed E-state index contributed by atoms with van der Waals surface area (Å²) in [5.74, 6) is 0.212. The lowest BCUT2D eigenvalue weighted by Gasteiger charge is -2.24. The number of nitrogens with one attached hydrogen (secondary N) is 2. The van der Waals surface area contributed by atoms with Crippen molar-refractivity contribution in [3.63, 3.8) is 0 Å². The first-order valence-electron chi connectivity index (χ1n) is 7.22. The van der Waals surface area contributed by atoms with Crippen molar-refractivity contribution in [3.05, 3.63) is 40.5 Å². The van der Waals surface area contributed by atoms with Gasteiger partial charge in [-0.25, -0.2) is 0 Å². The van der Waals surface area contributed by atoms with E-state index in [4.69, 9.17) is 10.8 Å². The number of allylic oxidation sites excluding steroid dienone is 2. The normalized spacial score (nSPS) is 23.9. The van der Waals surface area contributed by atoms with Crippen LogP contribution in [0.15, 0.2) is 34.2 Å². The van der Waals surface area contributed by atoms with E-state index in [1.54, 1.807) is 6.07 Å². The molecule has 1 aromatic carbocycles. The minimum atomic E-state index is -4.28. The van der Waals surface area contributed by atoms with Gasteiger partial charge in [-0.05, 0) is 55.4 Å². The zero-order valence-corrected chi connectivity index (χ0v) is 13.1. The number of hydrogen-bond donors (Lipinski definition) is 3. The van der Waals surface area contributed by atoms with Gasteiger partial charge in [0.2, 0.25) is 0 Å². The van der Waals surface area contributed by atoms with Crippen molar-refractivity contribution in [3.8, 4) is 0 Å². The molecule has 2 atom stereocenters. The molecule has 0 aliphatic heterocycles. The fourth-order valence-corrected chi connectivity index (χ4v) is 4.21. The number of hydrogen-bond acceptors (Lipinski definition) is 4. The van der Waals surface area contributed by atoms with Gasteiger partial charge in [-0.15, -0.1) is 0 Å². The number of rotatable bonds is 4. The van der Waals surface area contributed by atoms with Crippen molar-refractivity contribution in [1.82, 2.24) is 0 Å². The second kappa shape index (κ2) is 5.14. The van der Waals surface area contributed by atoms with Crippen LogP contribution in [0.2, 0.25) is 0 Å². The van der Waals surface area contributed by atoms with Gasteiger partial charge >= 0.3 is 0 Å². The van der Waals surface area contributed by atoms with E-state index in [1.165, 1.54) is 23.9 Å². The van der Waals surface area contributed by atoms with E-state index in [1.807, 2.05) is 6.92 Å². The highest BCUT2D eigenvalue weighted by Gasteiger charge is 2.41. The van der Waals surface area contributed by atoms with Crippen LogP contribution in [-0.2, 0) is 10.1 Å². The number of fused-ring (bicyclic) bond motifs is 2. The van der Waals surface area contributed by atoms with Crippen LogP contribution in [0.4, 0.5) is 0 Å². The van der Waals surface area contributed by atoms with Crippen molar-refractivity contribution in [2.75, 3.05) is 0 Å². The quantitative estimate of drug-likeness (QED) is 0.587. The van der Waals surface area contributed by atoms with E-state index in [-0.39, 0.29) is 10.8 Å². The lowest BCUT2D eigenvalue weighted by Crippen LogP contribution is -2.24. The Morgan fingerprint density at radius 3 is 2.77 bits per heavy atom. The second-order valence-electron chi connectivity index (χ2n) is 6.05. The smallest absolute Gasteiger partial charge is 0.294 e. The summed E-state index contributed by atoms with van der Waals surface area (Å²) in [7, 11) is -4.28. The van der Waals surface area contributed by atoms with E-state index in [0.29, 0.717) is 17.2 Å². The van der Waals surface area contributed by atoms with Gasteiger partial charge in [-0.1, -0.05) is 11.6 Å². The molecular formula is C16H18N2O3S. The Labute approximate surface area is 129 Å². The van der Waals surface area contributed by atoms with Gasteiger partial charge in [-0.3, -0.25) is 4.55 Å². The molecule has 0 radical (unpaired) electrons. The van der Waals surface area contributed by atoms with E-state index < -0.39 is 10.1 Å². The Morgan fingerprint density at radius 1 is 1.41 bits per heavy atom. The molecule has 0 spiro atoms. The molecule has 2 bridgehead atoms. The zero-order valence-electron chi connectivity index (χ0n) is 12.3. The van der Waals surface area contributed by atoms with Gasteiger partial charge in [0.25, 0.3) is 10.1 Å². The summed E-state index contributed by atoms with van der Waals surface area (Å²) in [5.41, 5.74) is 3.86. The fourth-order valence-electron chi connectivity index (χ4n) is 3.70. The summed E-state index contributed by atoms with van der Waals surface area (Å²) in [5, 5.41) is 16.2. The predicted molar refractivity (Wildman–Crippen MR) is 84.5 cm³/mol. The maximum absolute atomic E-state index is 11.3. The molecule has 1 aromatic rings. The van der Waals surface area contributed by atoms with Crippen LogP contribution >= 0.6 is 0 Å². The Morgan fingerprint density at radius 2 is 2.14 bits per heavy atom. The molecule has 0 aromatic heterocycles. The van der Waals surface area contributed by atoms with Crippen LogP contribution in [0.25, 0.3) is 0 Å². The van der Waals surface area contributed by atoms with Crippen LogP contribution in [-0.4, -0.2) is 24.9 Å². The molecule has 3 N–H and O–H groups in total. The first-order valence-corrected chi connectivity index (χ1v) is 8.66. The standard InChI is InChI=1S/C16H18N2O3S/c1-9-2-5-12(22(19,20)21)7-13(9)16(18)15-11-4-3-10(6-11)14(15)8-17/h2,5,7-8,11,15,17-18H,3-4,6H2,1H3,(H,19,20,21). The molecular weight excluding hydrogens is 300 g/mol. The molecule has 0 saturated heterocycles. The van der Waals surface area contributed by atoms with Crippen molar-refractivity contribution in [1.29, 1.82) is 10.8 Å². The number of aryl methyl sites for hydroxylation is 1. The third-order valence-electron chi connectivity index (χ3n) is 4.80. The average molecular weight is 318 g/mol. The summed E-state index contributed by atoms with van der Waals surface area (Å²) in [6.45, 7) is 1.82. The SMILES string of the molecule is Cc1ccc(S(=O)(=O)O)cc1C(=N)C1C(C=N)=C2CCC1C2. The lowest BCUT2D eigenvalue weighted by molar-refractivity contribution is 0.483. The molecule has 0 heterocycles.